The summed E-state index contributed by atoms with van der Waals surface area (Å²) in [6.45, 7) is 12.6. The maximum absolute atomic E-state index is 3.66. The molecule has 0 unspecified atom stereocenters. The van der Waals surface area contributed by atoms with Crippen molar-refractivity contribution in [1.82, 2.24) is 5.32 Å². The third-order valence-corrected chi connectivity index (χ3v) is 3.95. The Morgan fingerprint density at radius 3 is 2.40 bits per heavy atom. The molecule has 0 fully saturated rings. The largest absolute Gasteiger partial charge is 0.311 e. The lowest BCUT2D eigenvalue weighted by atomic mass is 9.69. The van der Waals surface area contributed by atoms with Gasteiger partial charge in [-0.3, -0.25) is 0 Å². The quantitative estimate of drug-likeness (QED) is 0.725. The van der Waals surface area contributed by atoms with E-state index in [1.54, 1.807) is 0 Å². The zero-order chi connectivity index (χ0) is 11.5. The summed E-state index contributed by atoms with van der Waals surface area (Å²) in [4.78, 5) is 0. The Morgan fingerprint density at radius 2 is 1.93 bits per heavy atom. The first-order chi connectivity index (χ1) is 6.92. The summed E-state index contributed by atoms with van der Waals surface area (Å²) >= 11 is 0. The standard InChI is InChI=1S/C14H25N/c1-6-11-15-14(4,5)13(2,3)12-9-7-8-10-12/h7-9,15H,6,10-11H2,1-5H3. The fourth-order valence-corrected chi connectivity index (χ4v) is 1.97. The molecule has 0 aromatic heterocycles. The molecule has 0 heterocycles. The molecule has 0 atom stereocenters. The first-order valence-electron chi connectivity index (χ1n) is 6.03. The molecule has 86 valence electrons. The predicted molar refractivity (Wildman–Crippen MR) is 68.0 cm³/mol. The van der Waals surface area contributed by atoms with Crippen molar-refractivity contribution in [2.24, 2.45) is 5.41 Å². The summed E-state index contributed by atoms with van der Waals surface area (Å²) in [5.74, 6) is 0. The molecule has 0 aliphatic heterocycles. The normalized spacial score (nSPS) is 17.0. The average Bonchev–Trinajstić information content (AvgIpc) is 2.67. The molecule has 1 aliphatic rings. The van der Waals surface area contributed by atoms with Gasteiger partial charge in [-0.2, -0.15) is 0 Å². The molecular formula is C14H25N. The maximum atomic E-state index is 3.66. The summed E-state index contributed by atoms with van der Waals surface area (Å²) in [5.41, 5.74) is 1.91. The van der Waals surface area contributed by atoms with E-state index in [-0.39, 0.29) is 11.0 Å². The molecule has 0 aromatic carbocycles. The highest BCUT2D eigenvalue weighted by atomic mass is 15.0. The zero-order valence-electron chi connectivity index (χ0n) is 10.9. The third-order valence-electron chi connectivity index (χ3n) is 3.95. The van der Waals surface area contributed by atoms with Gasteiger partial charge in [-0.1, -0.05) is 44.6 Å². The van der Waals surface area contributed by atoms with Crippen LogP contribution in [0.3, 0.4) is 0 Å². The van der Waals surface area contributed by atoms with Crippen LogP contribution in [0.25, 0.3) is 0 Å². The Kier molecular flexibility index (Phi) is 3.77. The van der Waals surface area contributed by atoms with E-state index in [0.717, 1.165) is 13.0 Å². The van der Waals surface area contributed by atoms with E-state index in [4.69, 9.17) is 0 Å². The summed E-state index contributed by atoms with van der Waals surface area (Å²) in [6.07, 6.45) is 9.00. The van der Waals surface area contributed by atoms with Gasteiger partial charge in [0.05, 0.1) is 0 Å². The van der Waals surface area contributed by atoms with Crippen molar-refractivity contribution in [1.29, 1.82) is 0 Å². The first kappa shape index (κ1) is 12.5. The summed E-state index contributed by atoms with van der Waals surface area (Å²) in [5, 5.41) is 3.66. The fourth-order valence-electron chi connectivity index (χ4n) is 1.97. The van der Waals surface area contributed by atoms with Crippen molar-refractivity contribution >= 4 is 0 Å². The van der Waals surface area contributed by atoms with Gasteiger partial charge in [0, 0.05) is 11.0 Å². The molecule has 0 radical (unpaired) electrons. The average molecular weight is 207 g/mol. The Balaban J connectivity index is 2.74. The van der Waals surface area contributed by atoms with Crippen molar-refractivity contribution in [3.05, 3.63) is 23.8 Å². The van der Waals surface area contributed by atoms with Crippen LogP contribution < -0.4 is 5.32 Å². The number of allylic oxidation sites excluding steroid dienone is 3. The highest BCUT2D eigenvalue weighted by Gasteiger charge is 2.38. The number of nitrogens with one attached hydrogen (secondary N) is 1. The lowest BCUT2D eigenvalue weighted by Crippen LogP contribution is -2.52. The van der Waals surface area contributed by atoms with E-state index in [1.807, 2.05) is 0 Å². The van der Waals surface area contributed by atoms with E-state index in [9.17, 15) is 0 Å². The maximum Gasteiger partial charge on any atom is 0.0213 e. The molecule has 1 N–H and O–H groups in total. The van der Waals surface area contributed by atoms with Gasteiger partial charge >= 0.3 is 0 Å². The van der Waals surface area contributed by atoms with Crippen LogP contribution in [-0.2, 0) is 0 Å². The molecule has 1 aliphatic carbocycles. The van der Waals surface area contributed by atoms with Gasteiger partial charge in [-0.15, -0.1) is 0 Å². The smallest absolute Gasteiger partial charge is 0.0213 e. The molecule has 1 rings (SSSR count). The summed E-state index contributed by atoms with van der Waals surface area (Å²) in [7, 11) is 0. The Labute approximate surface area is 94.6 Å². The van der Waals surface area contributed by atoms with Crippen molar-refractivity contribution in [3.63, 3.8) is 0 Å². The van der Waals surface area contributed by atoms with Crippen LogP contribution in [0.1, 0.15) is 47.5 Å². The second-order valence-electron chi connectivity index (χ2n) is 5.50. The summed E-state index contributed by atoms with van der Waals surface area (Å²) in [6, 6.07) is 0. The van der Waals surface area contributed by atoms with Crippen LogP contribution in [0.2, 0.25) is 0 Å². The molecule has 0 bridgehead atoms. The zero-order valence-corrected chi connectivity index (χ0v) is 10.9. The van der Waals surface area contributed by atoms with Crippen LogP contribution in [0.4, 0.5) is 0 Å². The first-order valence-corrected chi connectivity index (χ1v) is 6.03. The van der Waals surface area contributed by atoms with Crippen LogP contribution >= 0.6 is 0 Å². The third kappa shape index (κ3) is 2.52. The van der Waals surface area contributed by atoms with Gasteiger partial charge in [0.25, 0.3) is 0 Å². The fraction of sp³-hybridized carbons (Fsp3) is 0.714. The van der Waals surface area contributed by atoms with Crippen molar-refractivity contribution in [2.75, 3.05) is 6.54 Å². The summed E-state index contributed by atoms with van der Waals surface area (Å²) < 4.78 is 0. The van der Waals surface area contributed by atoms with Gasteiger partial charge < -0.3 is 5.32 Å². The van der Waals surface area contributed by atoms with Crippen LogP contribution in [0.5, 0.6) is 0 Å². The molecule has 0 amide bonds. The van der Waals surface area contributed by atoms with Crippen molar-refractivity contribution < 1.29 is 0 Å². The van der Waals surface area contributed by atoms with Gasteiger partial charge in [0.1, 0.15) is 0 Å². The molecule has 0 spiro atoms. The van der Waals surface area contributed by atoms with E-state index in [2.05, 4.69) is 58.2 Å². The van der Waals surface area contributed by atoms with Crippen LogP contribution in [0.15, 0.2) is 23.8 Å². The minimum absolute atomic E-state index is 0.154. The second-order valence-corrected chi connectivity index (χ2v) is 5.50. The highest BCUT2D eigenvalue weighted by Crippen LogP contribution is 2.41. The molecular weight excluding hydrogens is 182 g/mol. The predicted octanol–water partition coefficient (Wildman–Crippen LogP) is 3.68. The van der Waals surface area contributed by atoms with E-state index >= 15 is 0 Å². The molecule has 0 aromatic rings. The molecule has 1 nitrogen and oxygen atoms in total. The van der Waals surface area contributed by atoms with Gasteiger partial charge in [-0.25, -0.2) is 0 Å². The number of hydrogen-bond donors (Lipinski definition) is 1. The molecule has 15 heavy (non-hydrogen) atoms. The molecule has 0 saturated carbocycles. The van der Waals surface area contributed by atoms with Gasteiger partial charge in [0.2, 0.25) is 0 Å². The van der Waals surface area contributed by atoms with Gasteiger partial charge in [-0.05, 0) is 33.2 Å². The Hall–Kier alpha value is -0.560. The number of hydrogen-bond acceptors (Lipinski definition) is 1. The Bertz CT molecular complexity index is 269. The van der Waals surface area contributed by atoms with Gasteiger partial charge in [0.15, 0.2) is 0 Å². The topological polar surface area (TPSA) is 12.0 Å². The monoisotopic (exact) mass is 207 g/mol. The van der Waals surface area contributed by atoms with Crippen molar-refractivity contribution in [2.45, 2.75) is 53.0 Å². The number of rotatable bonds is 5. The van der Waals surface area contributed by atoms with E-state index < -0.39 is 0 Å². The lowest BCUT2D eigenvalue weighted by molar-refractivity contribution is 0.194. The van der Waals surface area contributed by atoms with E-state index in [1.165, 1.54) is 12.0 Å². The van der Waals surface area contributed by atoms with Crippen molar-refractivity contribution in [3.8, 4) is 0 Å². The van der Waals surface area contributed by atoms with Crippen LogP contribution in [-0.4, -0.2) is 12.1 Å². The van der Waals surface area contributed by atoms with E-state index in [0.29, 0.717) is 0 Å². The molecule has 1 heteroatoms. The minimum Gasteiger partial charge on any atom is -0.311 e. The second kappa shape index (κ2) is 4.52. The molecule has 0 saturated heterocycles. The minimum atomic E-state index is 0.154. The highest BCUT2D eigenvalue weighted by molar-refractivity contribution is 5.30. The van der Waals surface area contributed by atoms with Crippen LogP contribution in [0, 0.1) is 5.41 Å². The Morgan fingerprint density at radius 1 is 1.27 bits per heavy atom. The lowest BCUT2D eigenvalue weighted by Gasteiger charge is -2.44. The SMILES string of the molecule is CCCNC(C)(C)C(C)(C)C1=CC=CC1.